The Kier molecular flexibility index (Phi) is 11.6. The van der Waals surface area contributed by atoms with Gasteiger partial charge in [-0.05, 0) is 88.1 Å². The highest BCUT2D eigenvalue weighted by atomic mass is 79.9. The molecule has 11 heteroatoms. The molecule has 0 spiro atoms. The lowest BCUT2D eigenvalue weighted by Gasteiger charge is -2.15. The van der Waals surface area contributed by atoms with Crippen LogP contribution in [0, 0.1) is 6.92 Å². The fourth-order valence-corrected chi connectivity index (χ4v) is 6.33. The standard InChI is InChI=1S/C40H35BrN4O5S/c1-26-9-16-32(17-10-26)43-40-44-34(25-51-40)30-12-14-31(15-13-30)39(46)45-42-22-29-19-33(41)38(37(21-29)48-3)50-24-28-11-18-35(36(20-28)47-2)49-23-27-7-5-4-6-8-27/h4-22,25H,23-24H2,1-3H3,(H,43,44)(H,45,46)/b42-22+. The number of hydrogen-bond donors (Lipinski definition) is 2. The van der Waals surface area contributed by atoms with Crippen molar-refractivity contribution in [2.45, 2.75) is 20.1 Å². The predicted octanol–water partition coefficient (Wildman–Crippen LogP) is 9.56. The molecule has 1 aromatic heterocycles. The second kappa shape index (κ2) is 16.8. The Balaban J connectivity index is 1.03. The minimum absolute atomic E-state index is 0.264. The first-order valence-corrected chi connectivity index (χ1v) is 17.6. The molecule has 0 bridgehead atoms. The largest absolute Gasteiger partial charge is 0.493 e. The normalized spacial score (nSPS) is 10.9. The topological polar surface area (TPSA) is 103 Å². The molecule has 0 aliphatic carbocycles. The quantitative estimate of drug-likeness (QED) is 0.0842. The van der Waals surface area contributed by atoms with E-state index >= 15 is 0 Å². The molecule has 0 atom stereocenters. The lowest BCUT2D eigenvalue weighted by Crippen LogP contribution is -2.17. The third-order valence-corrected chi connectivity index (χ3v) is 9.08. The Labute approximate surface area is 309 Å². The summed E-state index contributed by atoms with van der Waals surface area (Å²) < 4.78 is 24.0. The number of halogens is 1. The summed E-state index contributed by atoms with van der Waals surface area (Å²) in [6.07, 6.45) is 1.54. The first-order chi connectivity index (χ1) is 24.9. The molecule has 51 heavy (non-hydrogen) atoms. The number of anilines is 2. The number of aromatic nitrogens is 1. The van der Waals surface area contributed by atoms with Crippen molar-refractivity contribution in [3.8, 4) is 34.3 Å². The number of ether oxygens (including phenoxy) is 4. The van der Waals surface area contributed by atoms with Gasteiger partial charge in [0.05, 0.1) is 30.6 Å². The number of methoxy groups -OCH3 is 2. The van der Waals surface area contributed by atoms with Crippen LogP contribution in [-0.4, -0.2) is 31.3 Å². The average molecular weight is 764 g/mol. The molecule has 0 fully saturated rings. The maximum absolute atomic E-state index is 12.8. The molecule has 0 aliphatic rings. The Morgan fingerprint density at radius 1 is 0.824 bits per heavy atom. The summed E-state index contributed by atoms with van der Waals surface area (Å²) in [5.74, 6) is 1.95. The molecule has 1 amide bonds. The summed E-state index contributed by atoms with van der Waals surface area (Å²) in [6.45, 7) is 2.76. The molecule has 1 heterocycles. The number of carbonyl (C=O) groups excluding carboxylic acids is 1. The van der Waals surface area contributed by atoms with Crippen LogP contribution in [0.15, 0.2) is 124 Å². The van der Waals surface area contributed by atoms with Crippen molar-refractivity contribution in [3.63, 3.8) is 0 Å². The number of thiazole rings is 1. The third kappa shape index (κ3) is 9.33. The highest BCUT2D eigenvalue weighted by Crippen LogP contribution is 2.37. The van der Waals surface area contributed by atoms with E-state index in [1.165, 1.54) is 16.9 Å². The lowest BCUT2D eigenvalue weighted by atomic mass is 10.1. The molecular weight excluding hydrogens is 728 g/mol. The van der Waals surface area contributed by atoms with E-state index in [1.807, 2.05) is 84.2 Å². The summed E-state index contributed by atoms with van der Waals surface area (Å²) in [5.41, 5.74) is 9.63. The van der Waals surface area contributed by atoms with Gasteiger partial charge in [-0.1, -0.05) is 66.2 Å². The van der Waals surface area contributed by atoms with E-state index in [1.54, 1.807) is 38.6 Å². The van der Waals surface area contributed by atoms with Gasteiger partial charge in [-0.15, -0.1) is 11.3 Å². The van der Waals surface area contributed by atoms with E-state index in [-0.39, 0.29) is 12.5 Å². The fourth-order valence-electron chi connectivity index (χ4n) is 5.01. The van der Waals surface area contributed by atoms with Gasteiger partial charge in [-0.3, -0.25) is 4.79 Å². The van der Waals surface area contributed by atoms with Gasteiger partial charge in [-0.2, -0.15) is 5.10 Å². The van der Waals surface area contributed by atoms with Crippen LogP contribution in [-0.2, 0) is 13.2 Å². The van der Waals surface area contributed by atoms with E-state index in [4.69, 9.17) is 18.9 Å². The van der Waals surface area contributed by atoms with E-state index in [9.17, 15) is 4.79 Å². The van der Waals surface area contributed by atoms with Gasteiger partial charge in [0.15, 0.2) is 28.1 Å². The first-order valence-electron chi connectivity index (χ1n) is 16.0. The summed E-state index contributed by atoms with van der Waals surface area (Å²) in [6, 6.07) is 34.6. The zero-order chi connectivity index (χ0) is 35.6. The second-order valence-electron chi connectivity index (χ2n) is 11.4. The number of hydrogen-bond acceptors (Lipinski definition) is 9. The van der Waals surface area contributed by atoms with Crippen molar-refractivity contribution in [3.05, 3.63) is 147 Å². The predicted molar refractivity (Wildman–Crippen MR) is 206 cm³/mol. The third-order valence-electron chi connectivity index (χ3n) is 7.73. The molecular formula is C40H35BrN4O5S. The van der Waals surface area contributed by atoms with Crippen molar-refractivity contribution in [2.24, 2.45) is 5.10 Å². The fraction of sp³-hybridized carbons (Fsp3) is 0.125. The Morgan fingerprint density at radius 3 is 2.31 bits per heavy atom. The summed E-state index contributed by atoms with van der Waals surface area (Å²) in [7, 11) is 3.17. The molecule has 0 saturated heterocycles. The number of nitrogens with one attached hydrogen (secondary N) is 2. The zero-order valence-electron chi connectivity index (χ0n) is 28.2. The van der Waals surface area contributed by atoms with Crippen molar-refractivity contribution < 1.29 is 23.7 Å². The molecule has 0 aliphatic heterocycles. The highest BCUT2D eigenvalue weighted by molar-refractivity contribution is 9.10. The SMILES string of the molecule is COc1cc(COc2c(Br)cc(/C=N/NC(=O)c3ccc(-c4csc(Nc5ccc(C)cc5)n4)cc3)cc2OC)ccc1OCc1ccccc1. The summed E-state index contributed by atoms with van der Waals surface area (Å²) in [4.78, 5) is 17.5. The minimum atomic E-state index is -0.337. The van der Waals surface area contributed by atoms with E-state index in [0.29, 0.717) is 45.2 Å². The van der Waals surface area contributed by atoms with Gasteiger partial charge in [0.1, 0.15) is 13.2 Å². The Morgan fingerprint density at radius 2 is 1.57 bits per heavy atom. The first kappa shape index (κ1) is 35.2. The van der Waals surface area contributed by atoms with Crippen LogP contribution in [0.3, 0.4) is 0 Å². The summed E-state index contributed by atoms with van der Waals surface area (Å²) >= 11 is 5.11. The van der Waals surface area contributed by atoms with E-state index in [0.717, 1.165) is 33.2 Å². The van der Waals surface area contributed by atoms with Crippen LogP contribution in [0.5, 0.6) is 23.0 Å². The number of benzene rings is 5. The molecule has 0 unspecified atom stereocenters. The number of aryl methyl sites for hydroxylation is 1. The molecule has 6 aromatic rings. The van der Waals surface area contributed by atoms with E-state index in [2.05, 4.69) is 55.8 Å². The van der Waals surface area contributed by atoms with Crippen LogP contribution in [0.4, 0.5) is 10.8 Å². The van der Waals surface area contributed by atoms with Crippen molar-refractivity contribution in [1.29, 1.82) is 0 Å². The number of amides is 1. The lowest BCUT2D eigenvalue weighted by molar-refractivity contribution is 0.0955. The molecule has 258 valence electrons. The summed E-state index contributed by atoms with van der Waals surface area (Å²) in [5, 5.41) is 10.3. The smallest absolute Gasteiger partial charge is 0.271 e. The minimum Gasteiger partial charge on any atom is -0.493 e. The molecule has 0 radical (unpaired) electrons. The van der Waals surface area contributed by atoms with Gasteiger partial charge >= 0.3 is 0 Å². The monoisotopic (exact) mass is 762 g/mol. The van der Waals surface area contributed by atoms with Crippen LogP contribution in [0.1, 0.15) is 32.6 Å². The van der Waals surface area contributed by atoms with E-state index < -0.39 is 0 Å². The van der Waals surface area contributed by atoms with Crippen LogP contribution < -0.4 is 29.7 Å². The molecule has 0 saturated carbocycles. The molecule has 5 aromatic carbocycles. The Bertz CT molecular complexity index is 2120. The average Bonchev–Trinajstić information content (AvgIpc) is 3.63. The van der Waals surface area contributed by atoms with Gasteiger partial charge in [0.25, 0.3) is 5.91 Å². The second-order valence-corrected chi connectivity index (χ2v) is 13.1. The molecule has 9 nitrogen and oxygen atoms in total. The maximum Gasteiger partial charge on any atom is 0.271 e. The van der Waals surface area contributed by atoms with Crippen LogP contribution in [0.2, 0.25) is 0 Å². The van der Waals surface area contributed by atoms with Crippen molar-refractivity contribution in [1.82, 2.24) is 10.4 Å². The molecule has 6 rings (SSSR count). The van der Waals surface area contributed by atoms with Crippen LogP contribution in [0.25, 0.3) is 11.3 Å². The highest BCUT2D eigenvalue weighted by Gasteiger charge is 2.14. The maximum atomic E-state index is 12.8. The number of rotatable bonds is 14. The Hall–Kier alpha value is -5.65. The van der Waals surface area contributed by atoms with Gasteiger partial charge < -0.3 is 24.3 Å². The van der Waals surface area contributed by atoms with Crippen LogP contribution >= 0.6 is 27.3 Å². The van der Waals surface area contributed by atoms with Gasteiger partial charge in [-0.25, -0.2) is 10.4 Å². The van der Waals surface area contributed by atoms with Crippen molar-refractivity contribution in [2.75, 3.05) is 19.5 Å². The van der Waals surface area contributed by atoms with Gasteiger partial charge in [0, 0.05) is 22.2 Å². The number of carbonyl (C=O) groups is 1. The number of hydrazone groups is 1. The zero-order valence-corrected chi connectivity index (χ0v) is 30.6. The van der Waals surface area contributed by atoms with Gasteiger partial charge in [0.2, 0.25) is 0 Å². The van der Waals surface area contributed by atoms with Crippen molar-refractivity contribution >= 4 is 50.2 Å². The number of nitrogens with zero attached hydrogens (tertiary/aromatic N) is 2. The molecule has 2 N–H and O–H groups in total.